The number of unbranched alkanes of at least 4 members (excludes halogenated alkanes) is 2. The molecule has 1 aliphatic heterocycles. The van der Waals surface area contributed by atoms with Crippen LogP contribution in [0.15, 0.2) is 0 Å². The first kappa shape index (κ1) is 9.23. The molecule has 0 amide bonds. The van der Waals surface area contributed by atoms with E-state index in [1.807, 2.05) is 0 Å². The highest BCUT2D eigenvalue weighted by Crippen LogP contribution is 2.17. The summed E-state index contributed by atoms with van der Waals surface area (Å²) >= 11 is 0. The fourth-order valence-electron chi connectivity index (χ4n) is 1.34. The highest BCUT2D eigenvalue weighted by Gasteiger charge is 2.33. The van der Waals surface area contributed by atoms with Gasteiger partial charge < -0.3 is 4.74 Å². The van der Waals surface area contributed by atoms with Crippen LogP contribution in [0.2, 0.25) is 0 Å². The number of carbonyl (C=O) groups excluding carboxylic acids is 2. The van der Waals surface area contributed by atoms with Crippen molar-refractivity contribution >= 4 is 11.8 Å². The van der Waals surface area contributed by atoms with Gasteiger partial charge in [0.1, 0.15) is 6.61 Å². The van der Waals surface area contributed by atoms with Crippen LogP contribution >= 0.6 is 0 Å². The first-order valence-corrected chi connectivity index (χ1v) is 4.46. The van der Waals surface area contributed by atoms with E-state index < -0.39 is 5.97 Å². The number of cyclic esters (lactones) is 1. The van der Waals surface area contributed by atoms with Gasteiger partial charge in [-0.3, -0.25) is 4.79 Å². The molecule has 0 aromatic carbocycles. The Hall–Kier alpha value is -0.860. The van der Waals surface area contributed by atoms with E-state index in [9.17, 15) is 9.59 Å². The molecule has 1 aliphatic rings. The van der Waals surface area contributed by atoms with Gasteiger partial charge in [-0.1, -0.05) is 26.2 Å². The summed E-state index contributed by atoms with van der Waals surface area (Å²) < 4.78 is 4.62. The Morgan fingerprint density at radius 3 is 2.67 bits per heavy atom. The van der Waals surface area contributed by atoms with Gasteiger partial charge in [-0.25, -0.2) is 4.79 Å². The molecule has 0 aliphatic carbocycles. The Morgan fingerprint density at radius 1 is 1.42 bits per heavy atom. The number of rotatable bonds is 4. The van der Waals surface area contributed by atoms with E-state index in [2.05, 4.69) is 11.7 Å². The normalized spacial score (nSPS) is 22.9. The fourth-order valence-corrected chi connectivity index (χ4v) is 1.34. The van der Waals surface area contributed by atoms with E-state index >= 15 is 0 Å². The Labute approximate surface area is 72.1 Å². The average molecular weight is 170 g/mol. The minimum Gasteiger partial charge on any atom is -0.459 e. The van der Waals surface area contributed by atoms with Crippen LogP contribution in [0.25, 0.3) is 0 Å². The molecule has 12 heavy (non-hydrogen) atoms. The third kappa shape index (κ3) is 2.06. The molecule has 68 valence electrons. The summed E-state index contributed by atoms with van der Waals surface area (Å²) in [5.41, 5.74) is 0. The molecule has 0 radical (unpaired) electrons. The summed E-state index contributed by atoms with van der Waals surface area (Å²) in [5.74, 6) is -1.12. The third-order valence-corrected chi connectivity index (χ3v) is 2.14. The maximum absolute atomic E-state index is 11.0. The first-order valence-electron chi connectivity index (χ1n) is 4.46. The van der Waals surface area contributed by atoms with Crippen LogP contribution in [0.4, 0.5) is 0 Å². The Balaban J connectivity index is 2.25. The standard InChI is InChI=1S/C9H14O3/c1-2-3-4-5-7-6-12-9(11)8(7)10/h7H,2-6H2,1H3. The van der Waals surface area contributed by atoms with E-state index in [1.54, 1.807) is 0 Å². The maximum Gasteiger partial charge on any atom is 0.375 e. The monoisotopic (exact) mass is 170 g/mol. The molecule has 0 spiro atoms. The van der Waals surface area contributed by atoms with Crippen molar-refractivity contribution < 1.29 is 14.3 Å². The molecule has 1 unspecified atom stereocenters. The molecule has 0 aromatic heterocycles. The lowest BCUT2D eigenvalue weighted by atomic mass is 10.00. The van der Waals surface area contributed by atoms with Crippen molar-refractivity contribution in [2.45, 2.75) is 32.6 Å². The molecule has 1 fully saturated rings. The average Bonchev–Trinajstić information content (AvgIpc) is 2.36. The number of carbonyl (C=O) groups is 2. The first-order chi connectivity index (χ1) is 5.75. The number of Topliss-reactive ketones (excluding diaryl/α,β-unsaturated/α-hetero) is 1. The van der Waals surface area contributed by atoms with Gasteiger partial charge in [0.05, 0.1) is 5.92 Å². The molecular formula is C9H14O3. The number of ketones is 1. The van der Waals surface area contributed by atoms with E-state index in [0.29, 0.717) is 6.61 Å². The lowest BCUT2D eigenvalue weighted by molar-refractivity contribution is -0.147. The summed E-state index contributed by atoms with van der Waals surface area (Å²) in [4.78, 5) is 21.7. The van der Waals surface area contributed by atoms with Crippen LogP contribution in [0.5, 0.6) is 0 Å². The number of hydrogen-bond acceptors (Lipinski definition) is 3. The second-order valence-electron chi connectivity index (χ2n) is 3.16. The van der Waals surface area contributed by atoms with Gasteiger partial charge >= 0.3 is 5.97 Å². The predicted molar refractivity (Wildman–Crippen MR) is 43.6 cm³/mol. The molecule has 3 nitrogen and oxygen atoms in total. The Bertz CT molecular complexity index is 186. The van der Waals surface area contributed by atoms with Gasteiger partial charge in [-0.2, -0.15) is 0 Å². The van der Waals surface area contributed by atoms with Gasteiger partial charge in [-0.15, -0.1) is 0 Å². The van der Waals surface area contributed by atoms with E-state index in [4.69, 9.17) is 0 Å². The number of esters is 1. The van der Waals surface area contributed by atoms with E-state index in [0.717, 1.165) is 25.7 Å². The van der Waals surface area contributed by atoms with Gasteiger partial charge in [0.2, 0.25) is 5.78 Å². The van der Waals surface area contributed by atoms with Crippen molar-refractivity contribution in [3.05, 3.63) is 0 Å². The largest absolute Gasteiger partial charge is 0.459 e. The Kier molecular flexibility index (Phi) is 3.26. The second-order valence-corrected chi connectivity index (χ2v) is 3.16. The van der Waals surface area contributed by atoms with Crippen molar-refractivity contribution in [2.75, 3.05) is 6.61 Å². The second kappa shape index (κ2) is 4.24. The molecule has 1 atom stereocenters. The zero-order valence-electron chi connectivity index (χ0n) is 7.34. The highest BCUT2D eigenvalue weighted by atomic mass is 16.5. The quantitative estimate of drug-likeness (QED) is 0.363. The van der Waals surface area contributed by atoms with Crippen molar-refractivity contribution in [1.29, 1.82) is 0 Å². The zero-order chi connectivity index (χ0) is 8.97. The Morgan fingerprint density at radius 2 is 2.17 bits per heavy atom. The van der Waals surface area contributed by atoms with Gasteiger partial charge in [-0.05, 0) is 6.42 Å². The predicted octanol–water partition coefficient (Wildman–Crippen LogP) is 1.31. The van der Waals surface area contributed by atoms with Crippen LogP contribution in [-0.2, 0) is 14.3 Å². The molecule has 3 heteroatoms. The third-order valence-electron chi connectivity index (χ3n) is 2.14. The lowest BCUT2D eigenvalue weighted by Gasteiger charge is -2.01. The molecular weight excluding hydrogens is 156 g/mol. The fraction of sp³-hybridized carbons (Fsp3) is 0.778. The number of ether oxygens (including phenoxy) is 1. The summed E-state index contributed by atoms with van der Waals surface area (Å²) in [7, 11) is 0. The van der Waals surface area contributed by atoms with Crippen LogP contribution < -0.4 is 0 Å². The van der Waals surface area contributed by atoms with Crippen molar-refractivity contribution in [2.24, 2.45) is 5.92 Å². The molecule has 0 aromatic rings. The van der Waals surface area contributed by atoms with Crippen LogP contribution in [0.3, 0.4) is 0 Å². The summed E-state index contributed by atoms with van der Waals surface area (Å²) in [5, 5.41) is 0. The van der Waals surface area contributed by atoms with Crippen LogP contribution in [-0.4, -0.2) is 18.4 Å². The molecule has 1 heterocycles. The summed E-state index contributed by atoms with van der Waals surface area (Å²) in [6.45, 7) is 2.42. The van der Waals surface area contributed by atoms with Gasteiger partial charge in [0, 0.05) is 0 Å². The molecule has 0 N–H and O–H groups in total. The minimum atomic E-state index is -0.642. The van der Waals surface area contributed by atoms with Crippen LogP contribution in [0, 0.1) is 5.92 Å². The number of hydrogen-bond donors (Lipinski definition) is 0. The molecule has 0 saturated carbocycles. The van der Waals surface area contributed by atoms with E-state index in [1.165, 1.54) is 0 Å². The molecule has 1 rings (SSSR count). The van der Waals surface area contributed by atoms with Crippen LogP contribution in [0.1, 0.15) is 32.6 Å². The summed E-state index contributed by atoms with van der Waals surface area (Å²) in [6, 6.07) is 0. The van der Waals surface area contributed by atoms with Crippen molar-refractivity contribution in [3.8, 4) is 0 Å². The van der Waals surface area contributed by atoms with E-state index in [-0.39, 0.29) is 11.7 Å². The lowest BCUT2D eigenvalue weighted by Crippen LogP contribution is -2.14. The zero-order valence-corrected chi connectivity index (χ0v) is 7.34. The van der Waals surface area contributed by atoms with Gasteiger partial charge in [0.15, 0.2) is 0 Å². The molecule has 0 bridgehead atoms. The van der Waals surface area contributed by atoms with Crippen molar-refractivity contribution in [3.63, 3.8) is 0 Å². The highest BCUT2D eigenvalue weighted by molar-refractivity contribution is 6.35. The topological polar surface area (TPSA) is 43.4 Å². The van der Waals surface area contributed by atoms with Gasteiger partial charge in [0.25, 0.3) is 0 Å². The minimum absolute atomic E-state index is 0.149. The molecule has 1 saturated heterocycles. The summed E-state index contributed by atoms with van der Waals surface area (Å²) in [6.07, 6.45) is 4.08. The smallest absolute Gasteiger partial charge is 0.375 e. The SMILES string of the molecule is CCCCCC1COC(=O)C1=O. The van der Waals surface area contributed by atoms with Crippen molar-refractivity contribution in [1.82, 2.24) is 0 Å². The maximum atomic E-state index is 11.0.